The standard InChI is InChI=1S/C6H8O2/c1-5-3-2-4-6(7)8-5/h2-4,6-7H,1H3. The lowest BCUT2D eigenvalue weighted by atomic mass is 10.3. The Hall–Kier alpha value is -0.760. The van der Waals surface area contributed by atoms with Gasteiger partial charge in [0.15, 0.2) is 0 Å². The predicted molar refractivity (Wildman–Crippen MR) is 30.0 cm³/mol. The molecule has 1 heterocycles. The molecule has 0 saturated heterocycles. The van der Waals surface area contributed by atoms with Crippen LogP contribution >= 0.6 is 0 Å². The molecule has 1 rings (SSSR count). The highest BCUT2D eigenvalue weighted by atomic mass is 16.6. The Balaban J connectivity index is 2.59. The van der Waals surface area contributed by atoms with Gasteiger partial charge in [0.25, 0.3) is 0 Å². The summed E-state index contributed by atoms with van der Waals surface area (Å²) in [4.78, 5) is 0. The second-order valence-electron chi connectivity index (χ2n) is 1.67. The van der Waals surface area contributed by atoms with Crippen LogP contribution in [0.4, 0.5) is 0 Å². The smallest absolute Gasteiger partial charge is 0.217 e. The molecule has 1 aliphatic heterocycles. The van der Waals surface area contributed by atoms with Crippen molar-refractivity contribution in [1.29, 1.82) is 0 Å². The van der Waals surface area contributed by atoms with Gasteiger partial charge >= 0.3 is 0 Å². The SMILES string of the molecule is CC1=CC=CC(O)O1. The van der Waals surface area contributed by atoms with Crippen molar-refractivity contribution in [2.45, 2.75) is 13.2 Å². The summed E-state index contributed by atoms with van der Waals surface area (Å²) >= 11 is 0. The van der Waals surface area contributed by atoms with Crippen LogP contribution in [-0.4, -0.2) is 11.4 Å². The molecule has 0 aromatic heterocycles. The summed E-state index contributed by atoms with van der Waals surface area (Å²) in [5.41, 5.74) is 0. The fourth-order valence-corrected chi connectivity index (χ4v) is 0.555. The summed E-state index contributed by atoms with van der Waals surface area (Å²) in [6.07, 6.45) is 4.41. The van der Waals surface area contributed by atoms with Gasteiger partial charge in [-0.3, -0.25) is 0 Å². The highest BCUT2D eigenvalue weighted by Gasteiger charge is 2.01. The Labute approximate surface area is 48.1 Å². The first-order valence-electron chi connectivity index (χ1n) is 2.49. The number of hydrogen-bond acceptors (Lipinski definition) is 2. The Morgan fingerprint density at radius 3 is 2.88 bits per heavy atom. The maximum absolute atomic E-state index is 8.73. The Morgan fingerprint density at radius 1 is 1.75 bits per heavy atom. The van der Waals surface area contributed by atoms with Crippen molar-refractivity contribution in [2.24, 2.45) is 0 Å². The van der Waals surface area contributed by atoms with E-state index >= 15 is 0 Å². The van der Waals surface area contributed by atoms with Gasteiger partial charge in [-0.05, 0) is 19.1 Å². The van der Waals surface area contributed by atoms with Crippen molar-refractivity contribution in [3.8, 4) is 0 Å². The number of hydrogen-bond donors (Lipinski definition) is 1. The van der Waals surface area contributed by atoms with Gasteiger partial charge in [-0.25, -0.2) is 0 Å². The fraction of sp³-hybridized carbons (Fsp3) is 0.333. The topological polar surface area (TPSA) is 29.5 Å². The average Bonchev–Trinajstić information content (AvgIpc) is 1.64. The highest BCUT2D eigenvalue weighted by Crippen LogP contribution is 2.05. The number of aliphatic hydroxyl groups excluding tert-OH is 1. The molecule has 0 fully saturated rings. The first-order valence-corrected chi connectivity index (χ1v) is 2.49. The molecule has 0 aromatic carbocycles. The third-order valence-corrected chi connectivity index (χ3v) is 0.913. The van der Waals surface area contributed by atoms with Gasteiger partial charge in [-0.2, -0.15) is 0 Å². The van der Waals surface area contributed by atoms with E-state index in [9.17, 15) is 0 Å². The zero-order valence-electron chi connectivity index (χ0n) is 4.66. The predicted octanol–water partition coefficient (Wildman–Crippen LogP) is 0.795. The molecule has 44 valence electrons. The van der Waals surface area contributed by atoms with Crippen LogP contribution < -0.4 is 0 Å². The molecule has 0 aliphatic carbocycles. The maximum Gasteiger partial charge on any atom is 0.217 e. The molecule has 2 heteroatoms. The van der Waals surface area contributed by atoms with E-state index in [1.807, 2.05) is 0 Å². The first-order chi connectivity index (χ1) is 3.79. The van der Waals surface area contributed by atoms with Gasteiger partial charge in [0.1, 0.15) is 0 Å². The molecule has 0 spiro atoms. The molecule has 1 N–H and O–H groups in total. The third-order valence-electron chi connectivity index (χ3n) is 0.913. The van der Waals surface area contributed by atoms with Crippen molar-refractivity contribution in [3.63, 3.8) is 0 Å². The van der Waals surface area contributed by atoms with E-state index in [0.717, 1.165) is 5.76 Å². The van der Waals surface area contributed by atoms with E-state index in [4.69, 9.17) is 9.84 Å². The van der Waals surface area contributed by atoms with Crippen molar-refractivity contribution >= 4 is 0 Å². The van der Waals surface area contributed by atoms with Crippen LogP contribution in [0.25, 0.3) is 0 Å². The van der Waals surface area contributed by atoms with E-state index in [-0.39, 0.29) is 0 Å². The normalized spacial score (nSPS) is 26.8. The summed E-state index contributed by atoms with van der Waals surface area (Å²) in [6.45, 7) is 1.80. The minimum absolute atomic E-state index is 0.736. The van der Waals surface area contributed by atoms with Gasteiger partial charge in [0, 0.05) is 0 Å². The Bertz CT molecular complexity index is 135. The minimum Gasteiger partial charge on any atom is -0.466 e. The molecule has 0 saturated carbocycles. The lowest BCUT2D eigenvalue weighted by molar-refractivity contribution is -0.0281. The lowest BCUT2D eigenvalue weighted by Gasteiger charge is -2.11. The summed E-state index contributed by atoms with van der Waals surface area (Å²) in [5.74, 6) is 0.750. The van der Waals surface area contributed by atoms with Crippen molar-refractivity contribution in [3.05, 3.63) is 24.0 Å². The van der Waals surface area contributed by atoms with Crippen LogP contribution in [0.5, 0.6) is 0 Å². The van der Waals surface area contributed by atoms with E-state index in [0.29, 0.717) is 0 Å². The van der Waals surface area contributed by atoms with Crippen molar-refractivity contribution in [2.75, 3.05) is 0 Å². The maximum atomic E-state index is 8.73. The monoisotopic (exact) mass is 112 g/mol. The number of rotatable bonds is 0. The molecule has 2 nitrogen and oxygen atoms in total. The van der Waals surface area contributed by atoms with Gasteiger partial charge in [-0.1, -0.05) is 6.08 Å². The highest BCUT2D eigenvalue weighted by molar-refractivity contribution is 5.10. The zero-order chi connectivity index (χ0) is 5.98. The molecule has 0 amide bonds. The van der Waals surface area contributed by atoms with Crippen molar-refractivity contribution < 1.29 is 9.84 Å². The molecule has 1 atom stereocenters. The second-order valence-corrected chi connectivity index (χ2v) is 1.67. The molecule has 8 heavy (non-hydrogen) atoms. The lowest BCUT2D eigenvalue weighted by Crippen LogP contribution is -2.08. The van der Waals surface area contributed by atoms with E-state index < -0.39 is 6.29 Å². The summed E-state index contributed by atoms with van der Waals surface area (Å²) in [5, 5.41) is 8.73. The van der Waals surface area contributed by atoms with Gasteiger partial charge in [0.2, 0.25) is 6.29 Å². The summed E-state index contributed by atoms with van der Waals surface area (Å²) < 4.78 is 4.82. The van der Waals surface area contributed by atoms with E-state index in [1.165, 1.54) is 0 Å². The molecule has 0 radical (unpaired) electrons. The van der Waals surface area contributed by atoms with Crippen LogP contribution in [0.15, 0.2) is 24.0 Å². The van der Waals surface area contributed by atoms with Crippen LogP contribution in [0.1, 0.15) is 6.92 Å². The second kappa shape index (κ2) is 2.01. The Kier molecular flexibility index (Phi) is 1.35. The quantitative estimate of drug-likeness (QED) is 0.502. The molecule has 0 bridgehead atoms. The molecular formula is C6H8O2. The first kappa shape index (κ1) is 5.38. The minimum atomic E-state index is -0.736. The molecule has 1 aliphatic rings. The molecular weight excluding hydrogens is 104 g/mol. The summed E-state index contributed by atoms with van der Waals surface area (Å²) in [7, 11) is 0. The van der Waals surface area contributed by atoms with Gasteiger partial charge in [0.05, 0.1) is 5.76 Å². The van der Waals surface area contributed by atoms with E-state index in [1.54, 1.807) is 25.2 Å². The van der Waals surface area contributed by atoms with Crippen LogP contribution in [0, 0.1) is 0 Å². The van der Waals surface area contributed by atoms with E-state index in [2.05, 4.69) is 0 Å². The zero-order valence-corrected chi connectivity index (χ0v) is 4.66. The largest absolute Gasteiger partial charge is 0.466 e. The third kappa shape index (κ3) is 1.10. The summed E-state index contributed by atoms with van der Waals surface area (Å²) in [6, 6.07) is 0. The van der Waals surface area contributed by atoms with Crippen LogP contribution in [0.3, 0.4) is 0 Å². The van der Waals surface area contributed by atoms with Gasteiger partial charge in [-0.15, -0.1) is 0 Å². The number of aliphatic hydroxyl groups is 1. The molecule has 1 unspecified atom stereocenters. The van der Waals surface area contributed by atoms with Crippen LogP contribution in [0.2, 0.25) is 0 Å². The van der Waals surface area contributed by atoms with Crippen LogP contribution in [-0.2, 0) is 4.74 Å². The molecule has 0 aromatic rings. The van der Waals surface area contributed by atoms with Gasteiger partial charge < -0.3 is 9.84 Å². The van der Waals surface area contributed by atoms with Crippen molar-refractivity contribution in [1.82, 2.24) is 0 Å². The number of ether oxygens (including phenoxy) is 1. The fourth-order valence-electron chi connectivity index (χ4n) is 0.555. The Morgan fingerprint density at radius 2 is 2.50 bits per heavy atom. The average molecular weight is 112 g/mol. The number of allylic oxidation sites excluding steroid dienone is 3.